The fourth-order valence-electron chi connectivity index (χ4n) is 1.79. The minimum Gasteiger partial charge on any atom is -0.392 e. The van der Waals surface area contributed by atoms with Gasteiger partial charge in [-0.3, -0.25) is 4.79 Å². The van der Waals surface area contributed by atoms with Gasteiger partial charge in [0.05, 0.1) is 6.61 Å². The highest BCUT2D eigenvalue weighted by molar-refractivity contribution is 5.76. The Bertz CT molecular complexity index is 581. The van der Waals surface area contributed by atoms with Crippen LogP contribution in [0.5, 0.6) is 0 Å². The van der Waals surface area contributed by atoms with Gasteiger partial charge >= 0.3 is 0 Å². The van der Waals surface area contributed by atoms with Crippen LogP contribution in [0.3, 0.4) is 0 Å². The SMILES string of the molecule is Cc1noc(CCC(=O)NCc2cccc(CO)c2)n1. The highest BCUT2D eigenvalue weighted by Gasteiger charge is 2.07. The van der Waals surface area contributed by atoms with Crippen molar-refractivity contribution < 1.29 is 14.4 Å². The van der Waals surface area contributed by atoms with Gasteiger partial charge in [0.25, 0.3) is 0 Å². The van der Waals surface area contributed by atoms with Crippen molar-refractivity contribution in [3.63, 3.8) is 0 Å². The molecule has 0 radical (unpaired) electrons. The molecule has 1 aromatic heterocycles. The van der Waals surface area contributed by atoms with Gasteiger partial charge in [-0.2, -0.15) is 4.98 Å². The molecule has 0 saturated heterocycles. The maximum Gasteiger partial charge on any atom is 0.227 e. The third-order valence-corrected chi connectivity index (χ3v) is 2.80. The molecule has 2 N–H and O–H groups in total. The lowest BCUT2D eigenvalue weighted by molar-refractivity contribution is -0.121. The first-order valence-corrected chi connectivity index (χ1v) is 6.42. The number of aliphatic hydroxyl groups is 1. The Hall–Kier alpha value is -2.21. The van der Waals surface area contributed by atoms with E-state index in [2.05, 4.69) is 15.5 Å². The van der Waals surface area contributed by atoms with E-state index in [-0.39, 0.29) is 12.5 Å². The molecule has 0 bridgehead atoms. The van der Waals surface area contributed by atoms with Gasteiger partial charge in [0.1, 0.15) is 0 Å². The topological polar surface area (TPSA) is 88.2 Å². The molecule has 0 atom stereocenters. The number of hydrogen-bond donors (Lipinski definition) is 2. The van der Waals surface area contributed by atoms with E-state index in [1.54, 1.807) is 6.92 Å². The number of nitrogens with zero attached hydrogens (tertiary/aromatic N) is 2. The van der Waals surface area contributed by atoms with Crippen LogP contribution >= 0.6 is 0 Å². The van der Waals surface area contributed by atoms with Gasteiger partial charge in [0.2, 0.25) is 11.8 Å². The minimum atomic E-state index is -0.0738. The molecule has 0 aliphatic carbocycles. The Morgan fingerprint density at radius 2 is 2.20 bits per heavy atom. The van der Waals surface area contributed by atoms with Crippen molar-refractivity contribution in [3.8, 4) is 0 Å². The van der Waals surface area contributed by atoms with Crippen LogP contribution in [-0.4, -0.2) is 21.2 Å². The number of carbonyl (C=O) groups excluding carboxylic acids is 1. The summed E-state index contributed by atoms with van der Waals surface area (Å²) in [6.07, 6.45) is 0.741. The number of aliphatic hydroxyl groups excluding tert-OH is 1. The number of rotatable bonds is 6. The van der Waals surface area contributed by atoms with E-state index in [4.69, 9.17) is 9.63 Å². The Kier molecular flexibility index (Phi) is 4.84. The van der Waals surface area contributed by atoms with Gasteiger partial charge in [-0.15, -0.1) is 0 Å². The quantitative estimate of drug-likeness (QED) is 0.824. The van der Waals surface area contributed by atoms with Gasteiger partial charge in [-0.1, -0.05) is 29.4 Å². The Labute approximate surface area is 116 Å². The summed E-state index contributed by atoms with van der Waals surface area (Å²) in [6, 6.07) is 7.46. The number of benzene rings is 1. The van der Waals surface area contributed by atoms with Crippen LogP contribution < -0.4 is 5.32 Å². The van der Waals surface area contributed by atoms with Gasteiger partial charge in [-0.25, -0.2) is 0 Å². The number of aryl methyl sites for hydroxylation is 2. The van der Waals surface area contributed by atoms with E-state index in [1.165, 1.54) is 0 Å². The van der Waals surface area contributed by atoms with Crippen LogP contribution in [0, 0.1) is 6.92 Å². The molecule has 6 nitrogen and oxygen atoms in total. The number of carbonyl (C=O) groups is 1. The molecule has 1 heterocycles. The Morgan fingerprint density at radius 1 is 1.40 bits per heavy atom. The summed E-state index contributed by atoms with van der Waals surface area (Å²) in [5, 5.41) is 15.5. The van der Waals surface area contributed by atoms with Crippen molar-refractivity contribution in [3.05, 3.63) is 47.1 Å². The molecule has 0 fully saturated rings. The fourth-order valence-corrected chi connectivity index (χ4v) is 1.79. The summed E-state index contributed by atoms with van der Waals surface area (Å²) in [6.45, 7) is 2.18. The second-order valence-electron chi connectivity index (χ2n) is 4.49. The molecule has 0 spiro atoms. The van der Waals surface area contributed by atoms with E-state index in [0.717, 1.165) is 11.1 Å². The predicted octanol–water partition coefficient (Wildman–Crippen LogP) is 1.12. The molecule has 0 unspecified atom stereocenters. The highest BCUT2D eigenvalue weighted by Crippen LogP contribution is 2.05. The zero-order valence-corrected chi connectivity index (χ0v) is 11.3. The standard InChI is InChI=1S/C14H17N3O3/c1-10-16-14(20-17-10)6-5-13(19)15-8-11-3-2-4-12(7-11)9-18/h2-4,7,18H,5-6,8-9H2,1H3,(H,15,19). The molecule has 0 aliphatic heterocycles. The summed E-state index contributed by atoms with van der Waals surface area (Å²) in [7, 11) is 0. The maximum atomic E-state index is 11.7. The molecule has 0 saturated carbocycles. The molecular weight excluding hydrogens is 258 g/mol. The van der Waals surface area contributed by atoms with Crippen molar-refractivity contribution in [1.29, 1.82) is 0 Å². The van der Waals surface area contributed by atoms with E-state index < -0.39 is 0 Å². The van der Waals surface area contributed by atoms with E-state index in [9.17, 15) is 4.79 Å². The largest absolute Gasteiger partial charge is 0.392 e. The lowest BCUT2D eigenvalue weighted by Gasteiger charge is -2.05. The molecule has 1 aromatic carbocycles. The lowest BCUT2D eigenvalue weighted by Crippen LogP contribution is -2.23. The second-order valence-corrected chi connectivity index (χ2v) is 4.49. The van der Waals surface area contributed by atoms with Crippen molar-refractivity contribution >= 4 is 5.91 Å². The zero-order chi connectivity index (χ0) is 14.4. The Balaban J connectivity index is 1.77. The predicted molar refractivity (Wildman–Crippen MR) is 71.6 cm³/mol. The highest BCUT2D eigenvalue weighted by atomic mass is 16.5. The monoisotopic (exact) mass is 275 g/mol. The normalized spacial score (nSPS) is 10.5. The van der Waals surface area contributed by atoms with Gasteiger partial charge in [0, 0.05) is 19.4 Å². The first kappa shape index (κ1) is 14.2. The average Bonchev–Trinajstić information content (AvgIpc) is 2.89. The summed E-state index contributed by atoms with van der Waals surface area (Å²) in [5.74, 6) is 0.969. The first-order chi connectivity index (χ1) is 9.67. The molecular formula is C14H17N3O3. The van der Waals surface area contributed by atoms with Crippen LogP contribution in [0.2, 0.25) is 0 Å². The molecule has 1 amide bonds. The number of hydrogen-bond acceptors (Lipinski definition) is 5. The molecule has 2 rings (SSSR count). The lowest BCUT2D eigenvalue weighted by atomic mass is 10.1. The van der Waals surface area contributed by atoms with E-state index in [1.807, 2.05) is 24.3 Å². The van der Waals surface area contributed by atoms with Crippen molar-refractivity contribution in [2.45, 2.75) is 32.9 Å². The van der Waals surface area contributed by atoms with Gasteiger partial charge in [0.15, 0.2) is 5.82 Å². The van der Waals surface area contributed by atoms with Crippen LogP contribution in [-0.2, 0) is 24.4 Å². The van der Waals surface area contributed by atoms with Crippen LogP contribution in [0.1, 0.15) is 29.3 Å². The number of amides is 1. The van der Waals surface area contributed by atoms with Crippen LogP contribution in [0.4, 0.5) is 0 Å². The average molecular weight is 275 g/mol. The van der Waals surface area contributed by atoms with E-state index >= 15 is 0 Å². The smallest absolute Gasteiger partial charge is 0.227 e. The molecule has 20 heavy (non-hydrogen) atoms. The van der Waals surface area contributed by atoms with Crippen molar-refractivity contribution in [2.75, 3.05) is 0 Å². The maximum absolute atomic E-state index is 11.7. The second kappa shape index (κ2) is 6.81. The van der Waals surface area contributed by atoms with Crippen molar-refractivity contribution in [1.82, 2.24) is 15.5 Å². The molecule has 0 aliphatic rings. The first-order valence-electron chi connectivity index (χ1n) is 6.42. The van der Waals surface area contributed by atoms with Crippen LogP contribution in [0.15, 0.2) is 28.8 Å². The summed E-state index contributed by atoms with van der Waals surface area (Å²) in [4.78, 5) is 15.7. The molecule has 106 valence electrons. The summed E-state index contributed by atoms with van der Waals surface area (Å²) >= 11 is 0. The third-order valence-electron chi connectivity index (χ3n) is 2.80. The molecule has 6 heteroatoms. The Morgan fingerprint density at radius 3 is 2.90 bits per heavy atom. The van der Waals surface area contributed by atoms with Crippen LogP contribution in [0.25, 0.3) is 0 Å². The van der Waals surface area contributed by atoms with E-state index in [0.29, 0.717) is 31.1 Å². The van der Waals surface area contributed by atoms with Crippen molar-refractivity contribution in [2.24, 2.45) is 0 Å². The minimum absolute atomic E-state index is 0.00169. The zero-order valence-electron chi connectivity index (χ0n) is 11.3. The number of aromatic nitrogens is 2. The fraction of sp³-hybridized carbons (Fsp3) is 0.357. The summed E-state index contributed by atoms with van der Waals surface area (Å²) < 4.78 is 4.94. The number of nitrogens with one attached hydrogen (secondary N) is 1. The van der Waals surface area contributed by atoms with Gasteiger partial charge in [-0.05, 0) is 18.1 Å². The van der Waals surface area contributed by atoms with Gasteiger partial charge < -0.3 is 14.9 Å². The molecule has 2 aromatic rings. The third kappa shape index (κ3) is 4.17. The summed E-state index contributed by atoms with van der Waals surface area (Å²) in [5.41, 5.74) is 1.79.